The second-order valence-corrected chi connectivity index (χ2v) is 15.8. The summed E-state index contributed by atoms with van der Waals surface area (Å²) in [7, 11) is -1.46. The molecule has 1 heterocycles. The molecule has 0 saturated carbocycles. The number of ether oxygens (including phenoxy) is 2. The average Bonchev–Trinajstić information content (AvgIpc) is 3.21. The van der Waals surface area contributed by atoms with Crippen LogP contribution >= 0.6 is 0 Å². The summed E-state index contributed by atoms with van der Waals surface area (Å²) in [6.07, 6.45) is -0.928. The molecule has 7 nitrogen and oxygen atoms in total. The fourth-order valence-corrected chi connectivity index (χ4v) is 8.09. The summed E-state index contributed by atoms with van der Waals surface area (Å²) in [5.74, 6) is 0.0545. The van der Waals surface area contributed by atoms with Gasteiger partial charge in [-0.2, -0.15) is 0 Å². The Balaban J connectivity index is 1.09. The Morgan fingerprint density at radius 1 is 0.717 bits per heavy atom. The van der Waals surface area contributed by atoms with E-state index in [9.17, 15) is 13.5 Å². The van der Waals surface area contributed by atoms with Gasteiger partial charge >= 0.3 is 0 Å². The molecule has 1 saturated heterocycles. The summed E-state index contributed by atoms with van der Waals surface area (Å²) in [6.45, 7) is 5.31. The number of nitrogens with one attached hydrogen (secondary N) is 1. The minimum Gasteiger partial charge on any atom is -0.392 e. The Hall–Kier alpha value is -4.67. The van der Waals surface area contributed by atoms with Gasteiger partial charge < -0.3 is 14.6 Å². The third-order valence-electron chi connectivity index (χ3n) is 10.5. The van der Waals surface area contributed by atoms with Crippen LogP contribution in [0.15, 0.2) is 150 Å². The Morgan fingerprint density at radius 3 is 2.15 bits per heavy atom. The van der Waals surface area contributed by atoms with Crippen LogP contribution in [-0.4, -0.2) is 38.1 Å². The van der Waals surface area contributed by atoms with E-state index >= 15 is 0 Å². The quantitative estimate of drug-likeness (QED) is 0.131. The zero-order valence-electron chi connectivity index (χ0n) is 30.3. The molecule has 0 radical (unpaired) electrons. The van der Waals surface area contributed by atoms with Gasteiger partial charge in [-0.25, -0.2) is 13.1 Å². The van der Waals surface area contributed by atoms with E-state index in [1.54, 1.807) is 30.3 Å². The zero-order chi connectivity index (χ0) is 37.0. The van der Waals surface area contributed by atoms with Crippen molar-refractivity contribution in [2.75, 3.05) is 13.6 Å². The van der Waals surface area contributed by atoms with Crippen LogP contribution in [0.25, 0.3) is 21.9 Å². The molecule has 2 N–H and O–H groups in total. The lowest BCUT2D eigenvalue weighted by atomic mass is 9.89. The zero-order valence-corrected chi connectivity index (χ0v) is 31.1. The molecular formula is C45H46N2O5S. The third kappa shape index (κ3) is 8.44. The van der Waals surface area contributed by atoms with Gasteiger partial charge in [0.25, 0.3) is 0 Å². The number of aliphatic hydroxyl groups excluding tert-OH is 1. The molecule has 0 aromatic heterocycles. The molecule has 6 aromatic rings. The molecule has 0 bridgehead atoms. The van der Waals surface area contributed by atoms with Crippen LogP contribution in [0.1, 0.15) is 60.1 Å². The average molecular weight is 727 g/mol. The van der Waals surface area contributed by atoms with Crippen molar-refractivity contribution in [1.29, 1.82) is 0 Å². The molecular weight excluding hydrogens is 681 g/mol. The van der Waals surface area contributed by atoms with Gasteiger partial charge in [0.15, 0.2) is 6.29 Å². The maximum absolute atomic E-state index is 12.8. The van der Waals surface area contributed by atoms with E-state index in [-0.39, 0.29) is 42.2 Å². The van der Waals surface area contributed by atoms with Crippen LogP contribution in [0.4, 0.5) is 0 Å². The number of likely N-dealkylation sites (N-methyl/N-ethyl adjacent to an activating group) is 1. The normalized spacial score (nSPS) is 19.7. The first-order valence-electron chi connectivity index (χ1n) is 18.1. The number of benzene rings is 6. The van der Waals surface area contributed by atoms with Gasteiger partial charge in [0.2, 0.25) is 10.0 Å². The van der Waals surface area contributed by atoms with E-state index in [0.29, 0.717) is 6.54 Å². The second kappa shape index (κ2) is 16.1. The molecule has 6 aromatic carbocycles. The lowest BCUT2D eigenvalue weighted by Gasteiger charge is -2.43. The summed E-state index contributed by atoms with van der Waals surface area (Å²) < 4.78 is 41.8. The largest absolute Gasteiger partial charge is 0.392 e. The molecule has 7 rings (SSSR count). The lowest BCUT2D eigenvalue weighted by Crippen LogP contribution is -2.44. The lowest BCUT2D eigenvalue weighted by molar-refractivity contribution is -0.276. The molecule has 0 aliphatic carbocycles. The van der Waals surface area contributed by atoms with Crippen LogP contribution in [-0.2, 0) is 32.6 Å². The fraction of sp³-hybridized carbons (Fsp3) is 0.244. The first-order chi connectivity index (χ1) is 25.7. The summed E-state index contributed by atoms with van der Waals surface area (Å²) in [5, 5.41) is 12.1. The van der Waals surface area contributed by atoms with E-state index < -0.39 is 16.3 Å². The summed E-state index contributed by atoms with van der Waals surface area (Å²) in [5.41, 5.74) is 6.93. The Kier molecular flexibility index (Phi) is 11.2. The second-order valence-electron chi connectivity index (χ2n) is 14.0. The van der Waals surface area contributed by atoms with Gasteiger partial charge in [0, 0.05) is 30.6 Å². The first kappa shape index (κ1) is 36.7. The maximum atomic E-state index is 12.8. The highest BCUT2D eigenvalue weighted by Crippen LogP contribution is 2.42. The van der Waals surface area contributed by atoms with Crippen molar-refractivity contribution in [1.82, 2.24) is 9.62 Å². The van der Waals surface area contributed by atoms with Gasteiger partial charge in [-0.1, -0.05) is 128 Å². The van der Waals surface area contributed by atoms with Gasteiger partial charge in [0.1, 0.15) is 0 Å². The van der Waals surface area contributed by atoms with Gasteiger partial charge in [-0.05, 0) is 82.4 Å². The molecule has 0 spiro atoms. The number of hydrogen-bond donors (Lipinski definition) is 2. The van der Waals surface area contributed by atoms with Crippen LogP contribution in [0, 0.1) is 5.92 Å². The SMILES string of the molecule is C[C@H]1[C@@H](CN(C)[C@H](C)c2ccc3ccccc3c2)O[C@@H](c2ccc(-c3cccc(CNS(=O)(=O)c4ccccc4)c3)cc2)O[C@H]1c1ccc(CO)cc1. The van der Waals surface area contributed by atoms with Gasteiger partial charge in [0.05, 0.1) is 23.7 Å². The highest BCUT2D eigenvalue weighted by atomic mass is 32.2. The maximum Gasteiger partial charge on any atom is 0.240 e. The number of sulfonamides is 1. The number of rotatable bonds is 12. The highest BCUT2D eigenvalue weighted by Gasteiger charge is 2.39. The predicted octanol–water partition coefficient (Wildman–Crippen LogP) is 8.96. The predicted molar refractivity (Wildman–Crippen MR) is 210 cm³/mol. The minimum atomic E-state index is -3.62. The van der Waals surface area contributed by atoms with Crippen LogP contribution in [0.2, 0.25) is 0 Å². The molecule has 8 heteroatoms. The molecule has 1 fully saturated rings. The van der Waals surface area contributed by atoms with E-state index in [0.717, 1.165) is 33.4 Å². The number of nitrogens with zero attached hydrogens (tertiary/aromatic N) is 1. The van der Waals surface area contributed by atoms with Gasteiger partial charge in [-0.15, -0.1) is 0 Å². The van der Waals surface area contributed by atoms with Crippen molar-refractivity contribution < 1.29 is 23.0 Å². The Labute approximate surface area is 312 Å². The summed E-state index contributed by atoms with van der Waals surface area (Å²) >= 11 is 0. The standard InChI is InChI=1S/C45H46N2O5S/c1-31-43(29-47(3)32(2)39-25-22-35-11-7-8-12-41(35)27-39)51-45(52-44(31)37-18-16-33(30-48)17-19-37)38-23-20-36(21-24-38)40-13-9-10-34(26-40)28-46-53(49,50)42-14-5-4-6-15-42/h4-27,31-32,43-46,48H,28-30H2,1-3H3/t31-,32+,43+,44+,45+/m0/s1. The van der Waals surface area contributed by atoms with Crippen LogP contribution < -0.4 is 4.72 Å². The molecule has 272 valence electrons. The molecule has 53 heavy (non-hydrogen) atoms. The molecule has 0 amide bonds. The third-order valence-corrected chi connectivity index (χ3v) is 11.9. The molecule has 1 aliphatic rings. The smallest absolute Gasteiger partial charge is 0.240 e. The summed E-state index contributed by atoms with van der Waals surface area (Å²) in [6, 6.07) is 47.8. The van der Waals surface area contributed by atoms with E-state index in [4.69, 9.17) is 9.47 Å². The van der Waals surface area contributed by atoms with Crippen molar-refractivity contribution in [2.45, 2.75) is 56.4 Å². The Bertz CT molecular complexity index is 2240. The van der Waals surface area contributed by atoms with Crippen LogP contribution in [0.3, 0.4) is 0 Å². The van der Waals surface area contributed by atoms with Crippen molar-refractivity contribution in [3.8, 4) is 11.1 Å². The van der Waals surface area contributed by atoms with Crippen molar-refractivity contribution in [3.63, 3.8) is 0 Å². The first-order valence-corrected chi connectivity index (χ1v) is 19.6. The molecule has 5 atom stereocenters. The van der Waals surface area contributed by atoms with Crippen molar-refractivity contribution in [2.24, 2.45) is 5.92 Å². The van der Waals surface area contributed by atoms with E-state index in [1.807, 2.05) is 60.7 Å². The van der Waals surface area contributed by atoms with Crippen molar-refractivity contribution in [3.05, 3.63) is 173 Å². The number of aliphatic hydroxyl groups is 1. The number of hydrogen-bond acceptors (Lipinski definition) is 6. The minimum absolute atomic E-state index is 0.00820. The Morgan fingerprint density at radius 2 is 1.42 bits per heavy atom. The van der Waals surface area contributed by atoms with E-state index in [2.05, 4.69) is 85.1 Å². The van der Waals surface area contributed by atoms with Crippen LogP contribution in [0.5, 0.6) is 0 Å². The monoisotopic (exact) mass is 726 g/mol. The fourth-order valence-electron chi connectivity index (χ4n) is 7.05. The van der Waals surface area contributed by atoms with Crippen molar-refractivity contribution >= 4 is 20.8 Å². The number of fused-ring (bicyclic) bond motifs is 1. The van der Waals surface area contributed by atoms with E-state index in [1.165, 1.54) is 16.3 Å². The molecule has 1 aliphatic heterocycles. The topological polar surface area (TPSA) is 88.1 Å². The van der Waals surface area contributed by atoms with Gasteiger partial charge in [-0.3, -0.25) is 4.90 Å². The summed E-state index contributed by atoms with van der Waals surface area (Å²) in [4.78, 5) is 2.60. The molecule has 0 unspecified atom stereocenters. The highest BCUT2D eigenvalue weighted by molar-refractivity contribution is 7.89.